The highest BCUT2D eigenvalue weighted by atomic mass is 35.5. The van der Waals surface area contributed by atoms with E-state index in [1.54, 1.807) is 14.1 Å². The summed E-state index contributed by atoms with van der Waals surface area (Å²) in [7, 11) is 3.32. The Morgan fingerprint density at radius 3 is 2.35 bits per heavy atom. The summed E-state index contributed by atoms with van der Waals surface area (Å²) in [6, 6.07) is 0. The van der Waals surface area contributed by atoms with Crippen molar-refractivity contribution in [3.05, 3.63) is 0 Å². The standard InChI is InChI=1S/C9H14ClFN2O2.C2H6/c1-12(2)8(14)6-3-4-13(5-6)9(15)7(10)11;1-2/h6-7H,3-5H2,1-2H3;1-2H3. The van der Waals surface area contributed by atoms with Crippen molar-refractivity contribution in [3.63, 3.8) is 0 Å². The van der Waals surface area contributed by atoms with Gasteiger partial charge in [-0.1, -0.05) is 25.4 Å². The average Bonchev–Trinajstić information content (AvgIpc) is 2.78. The van der Waals surface area contributed by atoms with Gasteiger partial charge >= 0.3 is 0 Å². The Bertz CT molecular complexity index is 246. The maximum atomic E-state index is 12.5. The highest BCUT2D eigenvalue weighted by Gasteiger charge is 2.34. The molecule has 2 unspecified atom stereocenters. The minimum absolute atomic E-state index is 0.0321. The van der Waals surface area contributed by atoms with Gasteiger partial charge in [0.2, 0.25) is 5.91 Å². The number of amides is 2. The van der Waals surface area contributed by atoms with Crippen LogP contribution in [0.25, 0.3) is 0 Å². The highest BCUT2D eigenvalue weighted by Crippen LogP contribution is 2.19. The molecule has 0 aliphatic carbocycles. The van der Waals surface area contributed by atoms with Crippen LogP contribution in [0.5, 0.6) is 0 Å². The predicted octanol–water partition coefficient (Wildman–Crippen LogP) is 1.48. The topological polar surface area (TPSA) is 40.6 Å². The van der Waals surface area contributed by atoms with Gasteiger partial charge in [-0.2, -0.15) is 0 Å². The molecule has 0 radical (unpaired) electrons. The Balaban J connectivity index is 0.00000121. The van der Waals surface area contributed by atoms with Crippen LogP contribution in [0.2, 0.25) is 0 Å². The molecule has 100 valence electrons. The van der Waals surface area contributed by atoms with Crippen molar-refractivity contribution in [2.75, 3.05) is 27.2 Å². The number of likely N-dealkylation sites (tertiary alicyclic amines) is 1. The van der Waals surface area contributed by atoms with Gasteiger partial charge in [-0.15, -0.1) is 0 Å². The van der Waals surface area contributed by atoms with Crippen LogP contribution in [0.4, 0.5) is 4.39 Å². The molecular weight excluding hydrogens is 247 g/mol. The molecule has 0 N–H and O–H groups in total. The van der Waals surface area contributed by atoms with Gasteiger partial charge in [0.25, 0.3) is 11.5 Å². The van der Waals surface area contributed by atoms with E-state index in [2.05, 4.69) is 0 Å². The molecule has 0 aromatic carbocycles. The van der Waals surface area contributed by atoms with Gasteiger partial charge in [0, 0.05) is 27.2 Å². The lowest BCUT2D eigenvalue weighted by atomic mass is 10.1. The summed E-state index contributed by atoms with van der Waals surface area (Å²) in [4.78, 5) is 25.5. The Morgan fingerprint density at radius 2 is 1.94 bits per heavy atom. The van der Waals surface area contributed by atoms with Crippen LogP contribution in [0.1, 0.15) is 20.3 Å². The zero-order valence-corrected chi connectivity index (χ0v) is 11.5. The Kier molecular flexibility index (Phi) is 7.11. The number of hydrogen-bond acceptors (Lipinski definition) is 2. The van der Waals surface area contributed by atoms with Crippen molar-refractivity contribution in [1.82, 2.24) is 9.80 Å². The Labute approximate surface area is 107 Å². The molecule has 0 aromatic heterocycles. The van der Waals surface area contributed by atoms with E-state index in [-0.39, 0.29) is 18.4 Å². The van der Waals surface area contributed by atoms with Crippen LogP contribution in [-0.4, -0.2) is 54.4 Å². The summed E-state index contributed by atoms with van der Waals surface area (Å²) in [5.41, 5.74) is -2.00. The first-order valence-electron chi connectivity index (χ1n) is 5.71. The molecule has 0 spiro atoms. The van der Waals surface area contributed by atoms with Gasteiger partial charge in [0.05, 0.1) is 5.92 Å². The van der Waals surface area contributed by atoms with Gasteiger partial charge < -0.3 is 9.80 Å². The van der Waals surface area contributed by atoms with Gasteiger partial charge in [-0.25, -0.2) is 4.39 Å². The third-order valence-corrected chi connectivity index (χ3v) is 2.66. The molecule has 6 heteroatoms. The van der Waals surface area contributed by atoms with Crippen molar-refractivity contribution in [2.45, 2.75) is 25.9 Å². The van der Waals surface area contributed by atoms with Crippen molar-refractivity contribution in [3.8, 4) is 0 Å². The first kappa shape index (κ1) is 16.2. The van der Waals surface area contributed by atoms with Gasteiger partial charge in [-0.3, -0.25) is 9.59 Å². The number of carbonyl (C=O) groups is 2. The largest absolute Gasteiger partial charge is 0.349 e. The van der Waals surface area contributed by atoms with E-state index in [9.17, 15) is 14.0 Å². The molecule has 1 aliphatic heterocycles. The normalized spacial score (nSPS) is 20.4. The third kappa shape index (κ3) is 4.50. The first-order chi connectivity index (χ1) is 7.93. The predicted molar refractivity (Wildman–Crippen MR) is 65.5 cm³/mol. The van der Waals surface area contributed by atoms with Gasteiger partial charge in [0.1, 0.15) is 0 Å². The fraction of sp³-hybridized carbons (Fsp3) is 0.818. The molecule has 1 fully saturated rings. The van der Waals surface area contributed by atoms with Crippen molar-refractivity contribution < 1.29 is 14.0 Å². The SMILES string of the molecule is CC.CN(C)C(=O)C1CCN(C(=O)C(F)Cl)C1. The van der Waals surface area contributed by atoms with Crippen LogP contribution in [0.15, 0.2) is 0 Å². The summed E-state index contributed by atoms with van der Waals surface area (Å²) < 4.78 is 12.5. The van der Waals surface area contributed by atoms with E-state index in [1.165, 1.54) is 9.80 Å². The molecule has 0 saturated carbocycles. The van der Waals surface area contributed by atoms with Gasteiger partial charge in [-0.05, 0) is 6.42 Å². The molecule has 1 heterocycles. The Hall–Kier alpha value is -0.840. The lowest BCUT2D eigenvalue weighted by Gasteiger charge is -2.18. The molecule has 2 atom stereocenters. The lowest BCUT2D eigenvalue weighted by molar-refractivity contribution is -0.134. The number of hydrogen-bond donors (Lipinski definition) is 0. The van der Waals surface area contributed by atoms with Crippen LogP contribution >= 0.6 is 11.6 Å². The highest BCUT2D eigenvalue weighted by molar-refractivity contribution is 6.29. The smallest absolute Gasteiger partial charge is 0.272 e. The third-order valence-electron chi connectivity index (χ3n) is 2.48. The van der Waals surface area contributed by atoms with E-state index in [4.69, 9.17) is 11.6 Å². The minimum atomic E-state index is -2.00. The van der Waals surface area contributed by atoms with E-state index >= 15 is 0 Å². The second-order valence-corrected chi connectivity index (χ2v) is 4.19. The fourth-order valence-electron chi connectivity index (χ4n) is 1.67. The monoisotopic (exact) mass is 266 g/mol. The van der Waals surface area contributed by atoms with E-state index in [0.29, 0.717) is 13.0 Å². The van der Waals surface area contributed by atoms with Crippen molar-refractivity contribution in [1.29, 1.82) is 0 Å². The van der Waals surface area contributed by atoms with E-state index < -0.39 is 11.5 Å². The second-order valence-electron chi connectivity index (χ2n) is 3.80. The molecule has 1 rings (SSSR count). The van der Waals surface area contributed by atoms with E-state index in [1.807, 2.05) is 13.8 Å². The number of alkyl halides is 2. The number of carbonyl (C=O) groups excluding carboxylic acids is 2. The number of halogens is 2. The summed E-state index contributed by atoms with van der Waals surface area (Å²) >= 11 is 5.04. The molecule has 2 amide bonds. The number of rotatable bonds is 2. The van der Waals surface area contributed by atoms with Crippen LogP contribution in [-0.2, 0) is 9.59 Å². The maximum absolute atomic E-state index is 12.5. The lowest BCUT2D eigenvalue weighted by Crippen LogP contribution is -2.36. The molecule has 1 aliphatic rings. The van der Waals surface area contributed by atoms with Gasteiger partial charge in [0.15, 0.2) is 0 Å². The van der Waals surface area contributed by atoms with Crippen LogP contribution in [0.3, 0.4) is 0 Å². The quantitative estimate of drug-likeness (QED) is 0.711. The zero-order valence-electron chi connectivity index (χ0n) is 10.7. The summed E-state index contributed by atoms with van der Waals surface area (Å²) in [5, 5.41) is 0. The van der Waals surface area contributed by atoms with Crippen molar-refractivity contribution in [2.24, 2.45) is 5.92 Å². The maximum Gasteiger partial charge on any atom is 0.272 e. The summed E-state index contributed by atoms with van der Waals surface area (Å²) in [6.07, 6.45) is 0.576. The molecule has 4 nitrogen and oxygen atoms in total. The molecule has 1 saturated heterocycles. The first-order valence-corrected chi connectivity index (χ1v) is 6.15. The van der Waals surface area contributed by atoms with Crippen molar-refractivity contribution >= 4 is 23.4 Å². The average molecular weight is 267 g/mol. The summed E-state index contributed by atoms with van der Waals surface area (Å²) in [5.74, 6) is -1.000. The minimum Gasteiger partial charge on any atom is -0.349 e. The Morgan fingerprint density at radius 1 is 1.41 bits per heavy atom. The van der Waals surface area contributed by atoms with E-state index in [0.717, 1.165) is 0 Å². The molecule has 0 bridgehead atoms. The summed E-state index contributed by atoms with van der Waals surface area (Å²) in [6.45, 7) is 4.67. The second kappa shape index (κ2) is 7.48. The van der Waals surface area contributed by atoms with Crippen LogP contribution in [0, 0.1) is 5.92 Å². The fourth-order valence-corrected chi connectivity index (χ4v) is 1.80. The number of nitrogens with zero attached hydrogens (tertiary/aromatic N) is 2. The van der Waals surface area contributed by atoms with Crippen LogP contribution < -0.4 is 0 Å². The zero-order chi connectivity index (χ0) is 13.6. The molecule has 0 aromatic rings. The molecular formula is C11H20ClFN2O2. The molecule has 17 heavy (non-hydrogen) atoms.